The summed E-state index contributed by atoms with van der Waals surface area (Å²) >= 11 is 0. The molecule has 4 rings (SSSR count). The first-order valence-corrected chi connectivity index (χ1v) is 9.29. The molecule has 3 heterocycles. The van der Waals surface area contributed by atoms with Crippen LogP contribution in [-0.2, 0) is 20.1 Å². The quantitative estimate of drug-likeness (QED) is 0.662. The third-order valence-electron chi connectivity index (χ3n) is 5.31. The second kappa shape index (κ2) is 7.87. The minimum Gasteiger partial charge on any atom is -0.496 e. The van der Waals surface area contributed by atoms with Gasteiger partial charge in [-0.25, -0.2) is 9.67 Å². The summed E-state index contributed by atoms with van der Waals surface area (Å²) in [5, 5.41) is 13.0. The molecule has 0 radical (unpaired) electrons. The molecule has 0 spiro atoms. The molecule has 0 bridgehead atoms. The standard InChI is InChI=1S/C19H25N7O/c1-24-18(12-26-14-20-13-21-26)22-23-19(24)15-7-9-25(10-8-15)11-16-5-3-4-6-17(16)27-2/h3-6,13-15H,7-12H2,1-2H3. The van der Waals surface area contributed by atoms with Crippen molar-refractivity contribution in [3.05, 3.63) is 54.1 Å². The molecule has 1 aliphatic rings. The van der Waals surface area contributed by atoms with Crippen molar-refractivity contribution in [1.29, 1.82) is 0 Å². The topological polar surface area (TPSA) is 73.9 Å². The number of ether oxygens (including phenoxy) is 1. The largest absolute Gasteiger partial charge is 0.496 e. The van der Waals surface area contributed by atoms with E-state index in [1.807, 2.05) is 19.2 Å². The number of rotatable bonds is 6. The van der Waals surface area contributed by atoms with Crippen LogP contribution in [0.4, 0.5) is 0 Å². The molecule has 0 saturated carbocycles. The number of hydrogen-bond donors (Lipinski definition) is 0. The highest BCUT2D eigenvalue weighted by molar-refractivity contribution is 5.33. The summed E-state index contributed by atoms with van der Waals surface area (Å²) in [5.74, 6) is 3.39. The van der Waals surface area contributed by atoms with Crippen LogP contribution < -0.4 is 4.74 Å². The first-order chi connectivity index (χ1) is 13.2. The van der Waals surface area contributed by atoms with E-state index in [2.05, 4.69) is 41.9 Å². The van der Waals surface area contributed by atoms with E-state index in [1.54, 1.807) is 18.1 Å². The Morgan fingerprint density at radius 2 is 1.93 bits per heavy atom. The van der Waals surface area contributed by atoms with Gasteiger partial charge in [-0.2, -0.15) is 5.10 Å². The second-order valence-electron chi connectivity index (χ2n) is 6.99. The van der Waals surface area contributed by atoms with Crippen molar-refractivity contribution in [2.24, 2.45) is 7.05 Å². The van der Waals surface area contributed by atoms with E-state index in [0.29, 0.717) is 12.5 Å². The lowest BCUT2D eigenvalue weighted by Gasteiger charge is -2.31. The first kappa shape index (κ1) is 17.7. The van der Waals surface area contributed by atoms with Crippen molar-refractivity contribution >= 4 is 0 Å². The fourth-order valence-electron chi connectivity index (χ4n) is 3.75. The fourth-order valence-corrected chi connectivity index (χ4v) is 3.75. The van der Waals surface area contributed by atoms with Crippen molar-refractivity contribution in [3.63, 3.8) is 0 Å². The van der Waals surface area contributed by atoms with E-state index in [4.69, 9.17) is 4.74 Å². The van der Waals surface area contributed by atoms with Crippen molar-refractivity contribution in [2.45, 2.75) is 31.8 Å². The van der Waals surface area contributed by atoms with Crippen molar-refractivity contribution < 1.29 is 4.74 Å². The van der Waals surface area contributed by atoms with Gasteiger partial charge in [0.15, 0.2) is 5.82 Å². The molecule has 8 nitrogen and oxygen atoms in total. The van der Waals surface area contributed by atoms with Gasteiger partial charge in [0.25, 0.3) is 0 Å². The Kier molecular flexibility index (Phi) is 5.15. The Balaban J connectivity index is 1.37. The number of nitrogens with zero attached hydrogens (tertiary/aromatic N) is 7. The maximum Gasteiger partial charge on any atom is 0.154 e. The van der Waals surface area contributed by atoms with E-state index in [9.17, 15) is 0 Å². The lowest BCUT2D eigenvalue weighted by atomic mass is 9.95. The number of hydrogen-bond acceptors (Lipinski definition) is 6. The Hall–Kier alpha value is -2.74. The highest BCUT2D eigenvalue weighted by Crippen LogP contribution is 2.29. The first-order valence-electron chi connectivity index (χ1n) is 9.29. The summed E-state index contributed by atoms with van der Waals surface area (Å²) in [6.07, 6.45) is 5.41. The van der Waals surface area contributed by atoms with Crippen LogP contribution in [-0.4, -0.2) is 54.6 Å². The lowest BCUT2D eigenvalue weighted by molar-refractivity contribution is 0.198. The number of methoxy groups -OCH3 is 1. The van der Waals surface area contributed by atoms with Crippen LogP contribution in [0.25, 0.3) is 0 Å². The van der Waals surface area contributed by atoms with Crippen LogP contribution in [0.5, 0.6) is 5.75 Å². The number of likely N-dealkylation sites (tertiary alicyclic amines) is 1. The average Bonchev–Trinajstić information content (AvgIpc) is 3.34. The monoisotopic (exact) mass is 367 g/mol. The van der Waals surface area contributed by atoms with Gasteiger partial charge in [0.2, 0.25) is 0 Å². The van der Waals surface area contributed by atoms with Gasteiger partial charge in [0.1, 0.15) is 30.8 Å². The Labute approximate surface area is 158 Å². The maximum atomic E-state index is 5.48. The summed E-state index contributed by atoms with van der Waals surface area (Å²) < 4.78 is 9.36. The predicted molar refractivity (Wildman–Crippen MR) is 100 cm³/mol. The van der Waals surface area contributed by atoms with Crippen LogP contribution in [0.3, 0.4) is 0 Å². The van der Waals surface area contributed by atoms with Crippen LogP contribution >= 0.6 is 0 Å². The SMILES string of the molecule is COc1ccccc1CN1CCC(c2nnc(Cn3cncn3)n2C)CC1. The molecule has 3 aromatic rings. The van der Waals surface area contributed by atoms with Gasteiger partial charge in [-0.3, -0.25) is 4.90 Å². The summed E-state index contributed by atoms with van der Waals surface area (Å²) in [7, 11) is 3.78. The zero-order valence-electron chi connectivity index (χ0n) is 15.8. The summed E-state index contributed by atoms with van der Waals surface area (Å²) in [6, 6.07) is 8.25. The van der Waals surface area contributed by atoms with Gasteiger partial charge in [-0.05, 0) is 32.0 Å². The van der Waals surface area contributed by atoms with Crippen LogP contribution in [0, 0.1) is 0 Å². The second-order valence-corrected chi connectivity index (χ2v) is 6.99. The van der Waals surface area contributed by atoms with Crippen molar-refractivity contribution in [3.8, 4) is 5.75 Å². The number of aromatic nitrogens is 6. The minimum atomic E-state index is 0.445. The Bertz CT molecular complexity index is 866. The predicted octanol–water partition coefficient (Wildman–Crippen LogP) is 1.84. The average molecular weight is 367 g/mol. The zero-order valence-corrected chi connectivity index (χ0v) is 15.8. The number of piperidine rings is 1. The fraction of sp³-hybridized carbons (Fsp3) is 0.474. The molecule has 0 amide bonds. The molecule has 0 unspecified atom stereocenters. The molecule has 8 heteroatoms. The van der Waals surface area contributed by atoms with Crippen LogP contribution in [0.1, 0.15) is 36.0 Å². The van der Waals surface area contributed by atoms with Gasteiger partial charge in [-0.15, -0.1) is 10.2 Å². The maximum absolute atomic E-state index is 5.48. The molecule has 0 aliphatic carbocycles. The molecular formula is C19H25N7O. The zero-order chi connectivity index (χ0) is 18.6. The van der Waals surface area contributed by atoms with E-state index in [1.165, 1.54) is 11.9 Å². The van der Waals surface area contributed by atoms with E-state index in [0.717, 1.165) is 49.9 Å². The molecule has 1 saturated heterocycles. The minimum absolute atomic E-state index is 0.445. The van der Waals surface area contributed by atoms with Gasteiger partial charge >= 0.3 is 0 Å². The normalized spacial score (nSPS) is 15.9. The highest BCUT2D eigenvalue weighted by atomic mass is 16.5. The van der Waals surface area contributed by atoms with Crippen LogP contribution in [0.15, 0.2) is 36.9 Å². The summed E-state index contributed by atoms with van der Waals surface area (Å²) in [4.78, 5) is 6.47. The van der Waals surface area contributed by atoms with Gasteiger partial charge in [0.05, 0.1) is 7.11 Å². The Morgan fingerprint density at radius 3 is 2.67 bits per heavy atom. The smallest absolute Gasteiger partial charge is 0.154 e. The third-order valence-corrected chi connectivity index (χ3v) is 5.31. The van der Waals surface area contributed by atoms with Crippen molar-refractivity contribution in [2.75, 3.05) is 20.2 Å². The van der Waals surface area contributed by atoms with E-state index in [-0.39, 0.29) is 0 Å². The van der Waals surface area contributed by atoms with Gasteiger partial charge in [0, 0.05) is 25.1 Å². The van der Waals surface area contributed by atoms with Crippen LogP contribution in [0.2, 0.25) is 0 Å². The lowest BCUT2D eigenvalue weighted by Crippen LogP contribution is -2.33. The number of benzene rings is 1. The highest BCUT2D eigenvalue weighted by Gasteiger charge is 2.25. The van der Waals surface area contributed by atoms with E-state index < -0.39 is 0 Å². The third kappa shape index (κ3) is 3.85. The van der Waals surface area contributed by atoms with Gasteiger partial charge < -0.3 is 9.30 Å². The molecule has 142 valence electrons. The number of para-hydroxylation sites is 1. The molecule has 0 N–H and O–H groups in total. The molecule has 0 atom stereocenters. The molecule has 1 aromatic carbocycles. The van der Waals surface area contributed by atoms with Gasteiger partial charge in [-0.1, -0.05) is 18.2 Å². The molecule has 1 aliphatic heterocycles. The Morgan fingerprint density at radius 1 is 1.11 bits per heavy atom. The molecular weight excluding hydrogens is 342 g/mol. The molecule has 2 aromatic heterocycles. The summed E-state index contributed by atoms with van der Waals surface area (Å²) in [5.41, 5.74) is 1.24. The molecule has 1 fully saturated rings. The van der Waals surface area contributed by atoms with Crippen molar-refractivity contribution in [1.82, 2.24) is 34.4 Å². The van der Waals surface area contributed by atoms with E-state index >= 15 is 0 Å². The summed E-state index contributed by atoms with van der Waals surface area (Å²) in [6.45, 7) is 3.62. The molecule has 27 heavy (non-hydrogen) atoms.